The molecule has 4 N–H and O–H groups in total. The average Bonchev–Trinajstić information content (AvgIpc) is 2.57. The molecule has 0 aliphatic heterocycles. The third-order valence-corrected chi connectivity index (χ3v) is 1.96. The first kappa shape index (κ1) is 31.1. The smallest absolute Gasteiger partial charge is 0.543 e. The van der Waals surface area contributed by atoms with Crippen LogP contribution < -0.4 is 10.2 Å². The zero-order valence-corrected chi connectivity index (χ0v) is 17.3. The Balaban J connectivity index is -0.000000137. The van der Waals surface area contributed by atoms with Gasteiger partial charge in [-0.15, -0.1) is 0 Å². The van der Waals surface area contributed by atoms with Crippen molar-refractivity contribution in [1.82, 2.24) is 14.9 Å². The minimum atomic E-state index is -1.24. The number of aromatic nitrogens is 2. The quantitative estimate of drug-likeness (QED) is 0.373. The van der Waals surface area contributed by atoms with Crippen LogP contribution in [0.5, 0.6) is 0 Å². The monoisotopic (exact) mass is 417 g/mol. The van der Waals surface area contributed by atoms with E-state index in [0.29, 0.717) is 0 Å². The standard InChI is InChI=1S/2C6H5NO2.C3H7NO.2H2O.Zn/c2*8-6(9)5-3-1-2-4-7-5;1-4(2)3-5;;;/h2*1-4H,(H,8,9);3H,1-2H3;2*1H2;/q;;;;;+2/p-2. The zero-order chi connectivity index (χ0) is 17.7. The van der Waals surface area contributed by atoms with Crippen LogP contribution in [-0.4, -0.2) is 58.3 Å². The van der Waals surface area contributed by atoms with Crippen molar-refractivity contribution < 1.29 is 55.0 Å². The third-order valence-electron chi connectivity index (χ3n) is 1.96. The minimum absolute atomic E-state index is 0. The van der Waals surface area contributed by atoms with Crippen molar-refractivity contribution in [2.24, 2.45) is 0 Å². The molecule has 26 heavy (non-hydrogen) atoms. The van der Waals surface area contributed by atoms with Gasteiger partial charge in [0.25, 0.3) is 0 Å². The van der Waals surface area contributed by atoms with E-state index in [2.05, 4.69) is 9.97 Å². The second kappa shape index (κ2) is 18.6. The molecule has 0 unspecified atom stereocenters. The fourth-order valence-corrected chi connectivity index (χ4v) is 0.967. The van der Waals surface area contributed by atoms with E-state index < -0.39 is 11.9 Å². The summed E-state index contributed by atoms with van der Waals surface area (Å²) in [6.07, 6.45) is 3.57. The molecule has 0 saturated carbocycles. The third kappa shape index (κ3) is 16.1. The Bertz CT molecular complexity index is 564. The number of nitrogens with zero attached hydrogens (tertiary/aromatic N) is 3. The number of hydrogen-bond donors (Lipinski definition) is 0. The molecule has 11 heteroatoms. The fourth-order valence-electron chi connectivity index (χ4n) is 0.967. The summed E-state index contributed by atoms with van der Waals surface area (Å²) in [5.41, 5.74) is -0.0602. The van der Waals surface area contributed by atoms with Crippen LogP contribution >= 0.6 is 0 Å². The summed E-state index contributed by atoms with van der Waals surface area (Å²) in [5, 5.41) is 20.1. The van der Waals surface area contributed by atoms with Gasteiger partial charge in [0.05, 0.1) is 23.3 Å². The van der Waals surface area contributed by atoms with Crippen molar-refractivity contribution in [2.75, 3.05) is 14.1 Å². The van der Waals surface area contributed by atoms with E-state index in [1.165, 1.54) is 29.4 Å². The van der Waals surface area contributed by atoms with Crippen LogP contribution in [0.15, 0.2) is 48.8 Å². The summed E-state index contributed by atoms with van der Waals surface area (Å²) in [5.74, 6) is -2.48. The van der Waals surface area contributed by atoms with Gasteiger partial charge in [0.15, 0.2) is 0 Å². The van der Waals surface area contributed by atoms with Gasteiger partial charge in [-0.25, -0.2) is 0 Å². The first-order chi connectivity index (χ1) is 10.9. The Morgan fingerprint density at radius 3 is 1.31 bits per heavy atom. The van der Waals surface area contributed by atoms with E-state index in [4.69, 9.17) is 0 Å². The van der Waals surface area contributed by atoms with E-state index in [-0.39, 0.29) is 41.8 Å². The molecule has 0 aliphatic rings. The van der Waals surface area contributed by atoms with Gasteiger partial charge in [-0.2, -0.15) is 0 Å². The van der Waals surface area contributed by atoms with Crippen LogP contribution in [-0.2, 0) is 24.3 Å². The van der Waals surface area contributed by atoms with Crippen LogP contribution in [0.3, 0.4) is 0 Å². The predicted molar refractivity (Wildman–Crippen MR) is 84.1 cm³/mol. The zero-order valence-electron chi connectivity index (χ0n) is 14.3. The van der Waals surface area contributed by atoms with Gasteiger partial charge in [-0.3, -0.25) is 14.8 Å². The number of carbonyl (C=O) groups is 3. The van der Waals surface area contributed by atoms with Crippen LogP contribution in [0.4, 0.5) is 0 Å². The molecule has 0 atom stereocenters. The van der Waals surface area contributed by atoms with Crippen LogP contribution in [0.25, 0.3) is 0 Å². The van der Waals surface area contributed by atoms with Gasteiger partial charge in [0.1, 0.15) is 0 Å². The van der Waals surface area contributed by atoms with E-state index in [1.54, 1.807) is 38.4 Å². The molecule has 0 saturated heterocycles. The average molecular weight is 419 g/mol. The molecule has 2 heterocycles. The molecule has 138 valence electrons. The first-order valence-corrected chi connectivity index (χ1v) is 6.25. The number of carboxylic acid groups (broad SMARTS) is 2. The summed E-state index contributed by atoms with van der Waals surface area (Å²) in [4.78, 5) is 38.0. The fraction of sp³-hybridized carbons (Fsp3) is 0.133. The SMILES string of the molecule is CN(C)C=O.O.O.O=C([O-])c1ccccn1.O=C([O-])c1ccccn1.[Zn+2]. The largest absolute Gasteiger partial charge is 2.00 e. The van der Waals surface area contributed by atoms with Crippen LogP contribution in [0.1, 0.15) is 21.0 Å². The van der Waals surface area contributed by atoms with Crippen LogP contribution in [0.2, 0.25) is 0 Å². The molecule has 0 aliphatic carbocycles. The second-order valence-electron chi connectivity index (χ2n) is 4.07. The number of rotatable bonds is 3. The summed E-state index contributed by atoms with van der Waals surface area (Å²) in [7, 11) is 3.38. The maximum absolute atomic E-state index is 10.0. The van der Waals surface area contributed by atoms with E-state index in [0.717, 1.165) is 6.41 Å². The summed E-state index contributed by atoms with van der Waals surface area (Å²) >= 11 is 0. The van der Waals surface area contributed by atoms with Crippen molar-refractivity contribution in [3.05, 3.63) is 60.2 Å². The van der Waals surface area contributed by atoms with Gasteiger partial charge < -0.3 is 35.7 Å². The number of hydrogen-bond acceptors (Lipinski definition) is 7. The Kier molecular flexibility index (Phi) is 22.2. The van der Waals surface area contributed by atoms with Crippen LogP contribution in [0, 0.1) is 0 Å². The van der Waals surface area contributed by atoms with Crippen molar-refractivity contribution in [3.8, 4) is 0 Å². The van der Waals surface area contributed by atoms with Crippen molar-refractivity contribution >= 4 is 18.3 Å². The number of amides is 1. The van der Waals surface area contributed by atoms with Crippen molar-refractivity contribution in [1.29, 1.82) is 0 Å². The van der Waals surface area contributed by atoms with Gasteiger partial charge in [0, 0.05) is 26.5 Å². The first-order valence-electron chi connectivity index (χ1n) is 6.25. The van der Waals surface area contributed by atoms with Crippen molar-refractivity contribution in [3.63, 3.8) is 0 Å². The molecule has 2 rings (SSSR count). The molecule has 0 fully saturated rings. The molecule has 0 radical (unpaired) electrons. The number of aromatic carboxylic acids is 2. The molecule has 1 amide bonds. The minimum Gasteiger partial charge on any atom is -0.543 e. The van der Waals surface area contributed by atoms with E-state index in [9.17, 15) is 24.6 Å². The molecule has 10 nitrogen and oxygen atoms in total. The molecular weight excluding hydrogens is 400 g/mol. The van der Waals surface area contributed by atoms with Gasteiger partial charge >= 0.3 is 19.5 Å². The summed E-state index contributed by atoms with van der Waals surface area (Å²) < 4.78 is 0. The molecule has 0 bridgehead atoms. The van der Waals surface area contributed by atoms with Gasteiger partial charge in [0.2, 0.25) is 6.41 Å². The topological polar surface area (TPSA) is 189 Å². The Morgan fingerprint density at radius 1 is 0.885 bits per heavy atom. The Labute approximate surface area is 162 Å². The molecule has 2 aromatic rings. The second-order valence-corrected chi connectivity index (χ2v) is 4.07. The van der Waals surface area contributed by atoms with Gasteiger partial charge in [-0.05, 0) is 24.3 Å². The number of carbonyl (C=O) groups excluding carboxylic acids is 3. The van der Waals surface area contributed by atoms with Gasteiger partial charge in [-0.1, -0.05) is 12.1 Å². The maximum atomic E-state index is 10.0. The number of carboxylic acids is 2. The van der Waals surface area contributed by atoms with E-state index >= 15 is 0 Å². The summed E-state index contributed by atoms with van der Waals surface area (Å²) in [6, 6.07) is 9.25. The predicted octanol–water partition coefficient (Wildman–Crippen LogP) is -3.06. The molecular formula is C15H19N3O7Zn. The Morgan fingerprint density at radius 2 is 1.19 bits per heavy atom. The normalized spacial score (nSPS) is 7.46. The summed E-state index contributed by atoms with van der Waals surface area (Å²) in [6.45, 7) is 0. The molecule has 0 spiro atoms. The van der Waals surface area contributed by atoms with E-state index in [1.807, 2.05) is 0 Å². The van der Waals surface area contributed by atoms with Crippen molar-refractivity contribution in [2.45, 2.75) is 0 Å². The molecule has 2 aromatic heterocycles. The maximum Gasteiger partial charge on any atom is 2.00 e. The number of pyridine rings is 2. The Hall–Kier alpha value is -2.75. The molecule has 0 aromatic carbocycles.